The zero-order valence-electron chi connectivity index (χ0n) is 12.5. The van der Waals surface area contributed by atoms with Gasteiger partial charge in [-0.1, -0.05) is 13.8 Å². The number of likely N-dealkylation sites (tertiary alicyclic amines) is 2. The van der Waals surface area contributed by atoms with E-state index in [9.17, 15) is 14.7 Å². The average Bonchev–Trinajstić information content (AvgIpc) is 2.94. The SMILES string of the molecule is CC(C)C(=O)N1CCC(C(=O)N2CCC[C@@H]2CO)CC1. The van der Waals surface area contributed by atoms with Crippen molar-refractivity contribution < 1.29 is 14.7 Å². The molecule has 0 radical (unpaired) electrons. The van der Waals surface area contributed by atoms with Crippen molar-refractivity contribution in [1.29, 1.82) is 0 Å². The van der Waals surface area contributed by atoms with Gasteiger partial charge >= 0.3 is 0 Å². The smallest absolute Gasteiger partial charge is 0.226 e. The maximum atomic E-state index is 12.5. The molecule has 5 nitrogen and oxygen atoms in total. The minimum atomic E-state index is 0.0119. The average molecular weight is 282 g/mol. The molecule has 2 amide bonds. The Hall–Kier alpha value is -1.10. The summed E-state index contributed by atoms with van der Waals surface area (Å²) in [7, 11) is 0. The minimum Gasteiger partial charge on any atom is -0.394 e. The number of amides is 2. The van der Waals surface area contributed by atoms with Crippen LogP contribution >= 0.6 is 0 Å². The number of aliphatic hydroxyl groups is 1. The van der Waals surface area contributed by atoms with Gasteiger partial charge in [0.1, 0.15) is 0 Å². The summed E-state index contributed by atoms with van der Waals surface area (Å²) in [5, 5.41) is 9.31. The van der Waals surface area contributed by atoms with Crippen molar-refractivity contribution in [3.63, 3.8) is 0 Å². The summed E-state index contributed by atoms with van der Waals surface area (Å²) < 4.78 is 0. The highest BCUT2D eigenvalue weighted by molar-refractivity contribution is 5.81. The molecule has 5 heteroatoms. The van der Waals surface area contributed by atoms with Crippen LogP contribution in [0.4, 0.5) is 0 Å². The van der Waals surface area contributed by atoms with Crippen LogP contribution in [0.15, 0.2) is 0 Å². The molecule has 2 heterocycles. The number of piperidine rings is 1. The molecule has 0 aromatic rings. The summed E-state index contributed by atoms with van der Waals surface area (Å²) >= 11 is 0. The van der Waals surface area contributed by atoms with Gasteiger partial charge in [0, 0.05) is 31.5 Å². The molecular formula is C15H26N2O3. The molecule has 1 atom stereocenters. The maximum absolute atomic E-state index is 12.5. The first-order valence-corrected chi connectivity index (χ1v) is 7.74. The second kappa shape index (κ2) is 6.57. The van der Waals surface area contributed by atoms with Crippen LogP contribution in [-0.2, 0) is 9.59 Å². The van der Waals surface area contributed by atoms with Gasteiger partial charge in [-0.25, -0.2) is 0 Å². The first-order chi connectivity index (χ1) is 9.54. The summed E-state index contributed by atoms with van der Waals surface area (Å²) in [6, 6.07) is 0.0119. The van der Waals surface area contributed by atoms with Crippen molar-refractivity contribution >= 4 is 11.8 Å². The Kier molecular flexibility index (Phi) is 5.02. The summed E-state index contributed by atoms with van der Waals surface area (Å²) in [5.74, 6) is 0.418. The number of carbonyl (C=O) groups is 2. The summed E-state index contributed by atoms with van der Waals surface area (Å²) in [4.78, 5) is 28.1. The van der Waals surface area contributed by atoms with Gasteiger partial charge in [0.05, 0.1) is 12.6 Å². The molecule has 2 fully saturated rings. The Bertz CT molecular complexity index is 362. The number of rotatable bonds is 3. The summed E-state index contributed by atoms with van der Waals surface area (Å²) in [6.45, 7) is 6.03. The zero-order chi connectivity index (χ0) is 14.7. The van der Waals surface area contributed by atoms with Crippen LogP contribution < -0.4 is 0 Å². The van der Waals surface area contributed by atoms with E-state index < -0.39 is 0 Å². The molecule has 2 aliphatic rings. The van der Waals surface area contributed by atoms with E-state index in [1.807, 2.05) is 23.6 Å². The molecule has 1 N–H and O–H groups in total. The highest BCUT2D eigenvalue weighted by Crippen LogP contribution is 2.25. The number of aliphatic hydroxyl groups excluding tert-OH is 1. The van der Waals surface area contributed by atoms with Crippen molar-refractivity contribution in [3.8, 4) is 0 Å². The van der Waals surface area contributed by atoms with Crippen LogP contribution in [0, 0.1) is 11.8 Å². The fourth-order valence-electron chi connectivity index (χ4n) is 3.26. The van der Waals surface area contributed by atoms with E-state index in [-0.39, 0.29) is 36.3 Å². The predicted octanol–water partition coefficient (Wildman–Crippen LogP) is 0.864. The fourth-order valence-corrected chi connectivity index (χ4v) is 3.26. The number of hydrogen-bond donors (Lipinski definition) is 1. The molecule has 2 saturated heterocycles. The summed E-state index contributed by atoms with van der Waals surface area (Å²) in [6.07, 6.45) is 3.41. The van der Waals surface area contributed by atoms with Crippen LogP contribution in [0.25, 0.3) is 0 Å². The number of hydrogen-bond acceptors (Lipinski definition) is 3. The van der Waals surface area contributed by atoms with Gasteiger partial charge in [0.25, 0.3) is 0 Å². The number of carbonyl (C=O) groups excluding carboxylic acids is 2. The topological polar surface area (TPSA) is 60.9 Å². The quantitative estimate of drug-likeness (QED) is 0.835. The monoisotopic (exact) mass is 282 g/mol. The van der Waals surface area contributed by atoms with Gasteiger partial charge in [-0.3, -0.25) is 9.59 Å². The van der Waals surface area contributed by atoms with Crippen molar-refractivity contribution in [2.45, 2.75) is 45.6 Å². The van der Waals surface area contributed by atoms with Gasteiger partial charge in [-0.05, 0) is 25.7 Å². The molecule has 2 rings (SSSR count). The molecular weight excluding hydrogens is 256 g/mol. The van der Waals surface area contributed by atoms with E-state index in [4.69, 9.17) is 0 Å². The lowest BCUT2D eigenvalue weighted by Crippen LogP contribution is -2.47. The largest absolute Gasteiger partial charge is 0.394 e. The van der Waals surface area contributed by atoms with E-state index >= 15 is 0 Å². The van der Waals surface area contributed by atoms with Crippen molar-refractivity contribution in [2.75, 3.05) is 26.2 Å². The lowest BCUT2D eigenvalue weighted by Gasteiger charge is -2.35. The lowest BCUT2D eigenvalue weighted by atomic mass is 9.94. The van der Waals surface area contributed by atoms with Crippen LogP contribution in [0.5, 0.6) is 0 Å². The molecule has 20 heavy (non-hydrogen) atoms. The molecule has 0 bridgehead atoms. The van der Waals surface area contributed by atoms with E-state index in [2.05, 4.69) is 0 Å². The van der Waals surface area contributed by atoms with E-state index in [0.29, 0.717) is 13.1 Å². The molecule has 0 unspecified atom stereocenters. The standard InChI is InChI=1S/C15H26N2O3/c1-11(2)14(19)16-8-5-12(6-9-16)15(20)17-7-3-4-13(17)10-18/h11-13,18H,3-10H2,1-2H3/t13-/m1/s1. The predicted molar refractivity (Wildman–Crippen MR) is 76.0 cm³/mol. The van der Waals surface area contributed by atoms with Crippen molar-refractivity contribution in [1.82, 2.24) is 9.80 Å². The molecule has 114 valence electrons. The van der Waals surface area contributed by atoms with Gasteiger partial charge in [0.15, 0.2) is 0 Å². The first kappa shape index (κ1) is 15.3. The zero-order valence-corrected chi connectivity index (χ0v) is 12.5. The highest BCUT2D eigenvalue weighted by Gasteiger charge is 2.35. The lowest BCUT2D eigenvalue weighted by molar-refractivity contribution is -0.143. The normalized spacial score (nSPS) is 24.5. The van der Waals surface area contributed by atoms with Crippen LogP contribution in [-0.4, -0.2) is 59.0 Å². The van der Waals surface area contributed by atoms with Gasteiger partial charge in [0.2, 0.25) is 11.8 Å². The Balaban J connectivity index is 1.87. The molecule has 0 aromatic carbocycles. The molecule has 0 saturated carbocycles. The van der Waals surface area contributed by atoms with Gasteiger partial charge in [-0.15, -0.1) is 0 Å². The maximum Gasteiger partial charge on any atom is 0.226 e. The minimum absolute atomic E-state index is 0.0119. The number of nitrogens with zero attached hydrogens (tertiary/aromatic N) is 2. The van der Waals surface area contributed by atoms with E-state index in [0.717, 1.165) is 32.2 Å². The second-order valence-corrected chi connectivity index (χ2v) is 6.26. The third-order valence-corrected chi connectivity index (χ3v) is 4.52. The third kappa shape index (κ3) is 3.14. The second-order valence-electron chi connectivity index (χ2n) is 6.26. The molecule has 2 aliphatic heterocycles. The first-order valence-electron chi connectivity index (χ1n) is 7.74. The Morgan fingerprint density at radius 2 is 1.80 bits per heavy atom. The molecule has 0 spiro atoms. The Labute approximate surface area is 120 Å². The Morgan fingerprint density at radius 1 is 1.15 bits per heavy atom. The third-order valence-electron chi connectivity index (χ3n) is 4.52. The van der Waals surface area contributed by atoms with E-state index in [1.165, 1.54) is 0 Å². The molecule has 0 aliphatic carbocycles. The van der Waals surface area contributed by atoms with E-state index in [1.54, 1.807) is 0 Å². The van der Waals surface area contributed by atoms with Crippen molar-refractivity contribution in [3.05, 3.63) is 0 Å². The molecule has 0 aromatic heterocycles. The summed E-state index contributed by atoms with van der Waals surface area (Å²) in [5.41, 5.74) is 0. The van der Waals surface area contributed by atoms with Crippen LogP contribution in [0.3, 0.4) is 0 Å². The van der Waals surface area contributed by atoms with Gasteiger partial charge in [-0.2, -0.15) is 0 Å². The Morgan fingerprint density at radius 3 is 2.35 bits per heavy atom. The van der Waals surface area contributed by atoms with Crippen LogP contribution in [0.2, 0.25) is 0 Å². The van der Waals surface area contributed by atoms with Gasteiger partial charge < -0.3 is 14.9 Å². The fraction of sp³-hybridized carbons (Fsp3) is 0.867. The van der Waals surface area contributed by atoms with Crippen molar-refractivity contribution in [2.24, 2.45) is 11.8 Å². The highest BCUT2D eigenvalue weighted by atomic mass is 16.3. The van der Waals surface area contributed by atoms with Crippen LogP contribution in [0.1, 0.15) is 39.5 Å².